The summed E-state index contributed by atoms with van der Waals surface area (Å²) >= 11 is 0. The first-order valence-corrected chi connectivity index (χ1v) is 5.69. The molecule has 92 valence electrons. The summed E-state index contributed by atoms with van der Waals surface area (Å²) < 4.78 is 4.96. The molecule has 2 aliphatic rings. The Morgan fingerprint density at radius 1 is 1.22 bits per heavy atom. The van der Waals surface area contributed by atoms with Gasteiger partial charge >= 0.3 is 12.0 Å². The van der Waals surface area contributed by atoms with Crippen molar-refractivity contribution in [3.63, 3.8) is 0 Å². The van der Waals surface area contributed by atoms with E-state index in [-0.39, 0.29) is 18.6 Å². The number of urea groups is 1. The van der Waals surface area contributed by atoms with E-state index in [1.54, 1.807) is 0 Å². The van der Waals surface area contributed by atoms with Crippen molar-refractivity contribution < 1.29 is 14.3 Å². The number of aryl methyl sites for hydroxylation is 1. The Labute approximate surface area is 104 Å². The van der Waals surface area contributed by atoms with Crippen LogP contribution in [0.25, 0.3) is 0 Å². The molecule has 5 nitrogen and oxygen atoms in total. The monoisotopic (exact) mass is 244 g/mol. The molecule has 3 rings (SSSR count). The molecule has 0 spiro atoms. The van der Waals surface area contributed by atoms with Gasteiger partial charge in [-0.15, -0.1) is 0 Å². The second-order valence-electron chi connectivity index (χ2n) is 4.41. The topological polar surface area (TPSA) is 67.4 Å². The number of hydrogen-bond acceptors (Lipinski definition) is 3. The van der Waals surface area contributed by atoms with Crippen molar-refractivity contribution in [1.82, 2.24) is 10.6 Å². The Morgan fingerprint density at radius 2 is 1.94 bits per heavy atom. The highest BCUT2D eigenvalue weighted by Gasteiger charge is 2.37. The van der Waals surface area contributed by atoms with Crippen LogP contribution in [0.4, 0.5) is 4.79 Å². The molecule has 0 aromatic heterocycles. The summed E-state index contributed by atoms with van der Waals surface area (Å²) in [6.45, 7) is 2.13. The van der Waals surface area contributed by atoms with Gasteiger partial charge in [0.2, 0.25) is 0 Å². The van der Waals surface area contributed by atoms with Crippen LogP contribution in [-0.4, -0.2) is 18.6 Å². The number of nitrogens with one attached hydrogen (secondary N) is 2. The molecule has 18 heavy (non-hydrogen) atoms. The van der Waals surface area contributed by atoms with Crippen molar-refractivity contribution >= 4 is 12.0 Å². The summed E-state index contributed by atoms with van der Waals surface area (Å²) in [7, 11) is 0. The molecule has 1 atom stereocenters. The van der Waals surface area contributed by atoms with E-state index < -0.39 is 6.04 Å². The molecule has 0 aliphatic carbocycles. The predicted molar refractivity (Wildman–Crippen MR) is 63.6 cm³/mol. The van der Waals surface area contributed by atoms with Crippen LogP contribution in [0.5, 0.6) is 0 Å². The van der Waals surface area contributed by atoms with Gasteiger partial charge in [0.25, 0.3) is 0 Å². The maximum absolute atomic E-state index is 11.7. The number of esters is 1. The first-order valence-electron chi connectivity index (χ1n) is 5.69. The highest BCUT2D eigenvalue weighted by Crippen LogP contribution is 2.30. The molecule has 2 amide bonds. The third-order valence-corrected chi connectivity index (χ3v) is 3.13. The Bertz CT molecular complexity index is 560. The normalized spacial score (nSPS) is 22.2. The average Bonchev–Trinajstić information content (AvgIpc) is 2.71. The van der Waals surface area contributed by atoms with Crippen LogP contribution < -0.4 is 10.6 Å². The second-order valence-corrected chi connectivity index (χ2v) is 4.41. The number of rotatable bonds is 1. The van der Waals surface area contributed by atoms with Crippen molar-refractivity contribution in [2.75, 3.05) is 6.61 Å². The maximum atomic E-state index is 11.7. The third-order valence-electron chi connectivity index (χ3n) is 3.13. The van der Waals surface area contributed by atoms with Crippen LogP contribution in [-0.2, 0) is 9.53 Å². The summed E-state index contributed by atoms with van der Waals surface area (Å²) in [5.74, 6) is -0.372. The number of ether oxygens (including phenoxy) is 1. The van der Waals surface area contributed by atoms with Crippen molar-refractivity contribution in [1.29, 1.82) is 0 Å². The number of cyclic esters (lactones) is 1. The van der Waals surface area contributed by atoms with Crippen LogP contribution in [0.1, 0.15) is 17.2 Å². The third kappa shape index (κ3) is 1.64. The minimum atomic E-state index is -0.427. The lowest BCUT2D eigenvalue weighted by Crippen LogP contribution is -2.44. The van der Waals surface area contributed by atoms with Gasteiger partial charge in [-0.05, 0) is 12.5 Å². The minimum absolute atomic E-state index is 0.143. The van der Waals surface area contributed by atoms with Gasteiger partial charge in [-0.2, -0.15) is 0 Å². The highest BCUT2D eigenvalue weighted by atomic mass is 16.5. The van der Waals surface area contributed by atoms with E-state index in [1.165, 1.54) is 0 Å². The second kappa shape index (κ2) is 3.87. The standard InChI is InChI=1S/C13H12N2O3/c1-7-2-4-8(5-3-7)11-10-9(6-18-12(10)16)14-13(17)15-11/h2-5,11H,6H2,1H3,(H2,14,15,17)/t11-/m1/s1. The van der Waals surface area contributed by atoms with E-state index in [1.807, 2.05) is 31.2 Å². The Hall–Kier alpha value is -2.30. The minimum Gasteiger partial charge on any atom is -0.456 e. The fourth-order valence-electron chi connectivity index (χ4n) is 2.20. The average molecular weight is 244 g/mol. The van der Waals surface area contributed by atoms with Crippen LogP contribution in [0.2, 0.25) is 0 Å². The van der Waals surface area contributed by atoms with Crippen LogP contribution in [0, 0.1) is 6.92 Å². The fraction of sp³-hybridized carbons (Fsp3) is 0.231. The summed E-state index contributed by atoms with van der Waals surface area (Å²) in [5.41, 5.74) is 3.07. The van der Waals surface area contributed by atoms with Gasteiger partial charge in [0.05, 0.1) is 17.3 Å². The van der Waals surface area contributed by atoms with Gasteiger partial charge < -0.3 is 15.4 Å². The molecule has 5 heteroatoms. The quantitative estimate of drug-likeness (QED) is 0.728. The zero-order chi connectivity index (χ0) is 12.7. The Balaban J connectivity index is 2.04. The molecular formula is C13H12N2O3. The number of carbonyl (C=O) groups excluding carboxylic acids is 2. The van der Waals surface area contributed by atoms with Crippen LogP contribution in [0.3, 0.4) is 0 Å². The first kappa shape index (κ1) is 10.8. The Kier molecular flexibility index (Phi) is 2.33. The van der Waals surface area contributed by atoms with Crippen LogP contribution in [0.15, 0.2) is 35.5 Å². The van der Waals surface area contributed by atoms with Gasteiger partial charge in [0, 0.05) is 0 Å². The van der Waals surface area contributed by atoms with E-state index in [9.17, 15) is 9.59 Å². The molecule has 1 aromatic carbocycles. The predicted octanol–water partition coefficient (Wildman–Crippen LogP) is 1.16. The highest BCUT2D eigenvalue weighted by molar-refractivity contribution is 5.97. The molecule has 0 bridgehead atoms. The van der Waals surface area contributed by atoms with Crippen LogP contribution >= 0.6 is 0 Å². The molecule has 2 aliphatic heterocycles. The maximum Gasteiger partial charge on any atom is 0.338 e. The largest absolute Gasteiger partial charge is 0.456 e. The number of benzene rings is 1. The lowest BCUT2D eigenvalue weighted by atomic mass is 9.96. The number of amides is 2. The van der Waals surface area contributed by atoms with Crippen molar-refractivity contribution in [2.24, 2.45) is 0 Å². The summed E-state index contributed by atoms with van der Waals surface area (Å²) in [6.07, 6.45) is 0. The van der Waals surface area contributed by atoms with Crippen molar-refractivity contribution in [3.05, 3.63) is 46.7 Å². The van der Waals surface area contributed by atoms with Gasteiger partial charge in [0.15, 0.2) is 0 Å². The van der Waals surface area contributed by atoms with E-state index >= 15 is 0 Å². The number of carbonyl (C=O) groups is 2. The lowest BCUT2D eigenvalue weighted by molar-refractivity contribution is -0.136. The smallest absolute Gasteiger partial charge is 0.338 e. The van der Waals surface area contributed by atoms with E-state index in [0.29, 0.717) is 11.3 Å². The molecule has 0 saturated heterocycles. The van der Waals surface area contributed by atoms with Gasteiger partial charge in [-0.25, -0.2) is 9.59 Å². The lowest BCUT2D eigenvalue weighted by Gasteiger charge is -2.24. The molecule has 0 fully saturated rings. The van der Waals surface area contributed by atoms with Gasteiger partial charge in [0.1, 0.15) is 6.61 Å². The van der Waals surface area contributed by atoms with E-state index in [0.717, 1.165) is 11.1 Å². The summed E-state index contributed by atoms with van der Waals surface area (Å²) in [4.78, 5) is 23.2. The molecule has 2 N–H and O–H groups in total. The van der Waals surface area contributed by atoms with Gasteiger partial charge in [-0.1, -0.05) is 29.8 Å². The molecule has 0 radical (unpaired) electrons. The SMILES string of the molecule is Cc1ccc([C@H]2NC(=O)NC3=C2C(=O)OC3)cc1. The van der Waals surface area contributed by atoms with Crippen molar-refractivity contribution in [2.45, 2.75) is 13.0 Å². The van der Waals surface area contributed by atoms with E-state index in [4.69, 9.17) is 4.74 Å². The molecule has 1 aromatic rings. The summed E-state index contributed by atoms with van der Waals surface area (Å²) in [6, 6.07) is 6.97. The molecule has 0 saturated carbocycles. The van der Waals surface area contributed by atoms with Gasteiger partial charge in [-0.3, -0.25) is 0 Å². The zero-order valence-corrected chi connectivity index (χ0v) is 9.82. The zero-order valence-electron chi connectivity index (χ0n) is 9.82. The molecule has 0 unspecified atom stereocenters. The first-order chi connectivity index (χ1) is 8.65. The molecular weight excluding hydrogens is 232 g/mol. The van der Waals surface area contributed by atoms with Crippen molar-refractivity contribution in [3.8, 4) is 0 Å². The number of hydrogen-bond donors (Lipinski definition) is 2. The molecule has 2 heterocycles. The summed E-state index contributed by atoms with van der Waals surface area (Å²) in [5, 5.41) is 5.35. The van der Waals surface area contributed by atoms with E-state index in [2.05, 4.69) is 10.6 Å². The Morgan fingerprint density at radius 3 is 2.67 bits per heavy atom. The fourth-order valence-corrected chi connectivity index (χ4v) is 2.20.